The molecule has 0 saturated carbocycles. The molecule has 26 heavy (non-hydrogen) atoms. The zero-order chi connectivity index (χ0) is 18.6. The van der Waals surface area contributed by atoms with E-state index in [9.17, 15) is 14.4 Å². The lowest BCUT2D eigenvalue weighted by Crippen LogP contribution is -2.54. The van der Waals surface area contributed by atoms with Crippen molar-refractivity contribution in [2.24, 2.45) is 17.8 Å². The first-order chi connectivity index (χ1) is 12.4. The lowest BCUT2D eigenvalue weighted by atomic mass is 9.76. The van der Waals surface area contributed by atoms with Crippen molar-refractivity contribution in [3.8, 4) is 0 Å². The zero-order valence-corrected chi connectivity index (χ0v) is 15.4. The monoisotopic (exact) mass is 355 g/mol. The number of amides is 3. The number of hydrogen-bond donors (Lipinski definition) is 2. The third kappa shape index (κ3) is 2.05. The molecule has 3 heterocycles. The van der Waals surface area contributed by atoms with Gasteiger partial charge in [-0.1, -0.05) is 45.4 Å². The number of carbonyl (C=O) groups excluding carboxylic acids is 3. The minimum absolute atomic E-state index is 0.130. The van der Waals surface area contributed by atoms with Gasteiger partial charge in [-0.2, -0.15) is 0 Å². The molecule has 0 radical (unpaired) electrons. The first kappa shape index (κ1) is 17.2. The molecule has 3 amide bonds. The van der Waals surface area contributed by atoms with Gasteiger partial charge in [-0.3, -0.25) is 24.6 Å². The number of nitrogens with one attached hydrogen (secondary N) is 2. The van der Waals surface area contributed by atoms with Gasteiger partial charge < -0.3 is 5.32 Å². The standard InChI is InChI=1S/C20H25N3O3/c1-4-5-10-23-17(24)14-15(18(23)25)20(22-16(14)11(2)3)12-8-6-7-9-13(12)21-19(20)26/h6-9,11,14-16,22H,4-5,10H2,1-3H3,(H,21,26)/t14-,15-,16-,20-/m0/s1. The second-order valence-corrected chi connectivity index (χ2v) is 7.91. The number of imide groups is 1. The van der Waals surface area contributed by atoms with Gasteiger partial charge >= 0.3 is 0 Å². The lowest BCUT2D eigenvalue weighted by molar-refractivity contribution is -0.143. The number of nitrogens with zero attached hydrogens (tertiary/aromatic N) is 1. The highest BCUT2D eigenvalue weighted by Gasteiger charge is 2.70. The van der Waals surface area contributed by atoms with Gasteiger partial charge in [0.1, 0.15) is 5.54 Å². The van der Waals surface area contributed by atoms with E-state index in [1.54, 1.807) is 0 Å². The van der Waals surface area contributed by atoms with E-state index in [-0.39, 0.29) is 29.7 Å². The number of benzene rings is 1. The van der Waals surface area contributed by atoms with Crippen molar-refractivity contribution in [2.45, 2.75) is 45.2 Å². The van der Waals surface area contributed by atoms with Crippen molar-refractivity contribution >= 4 is 23.4 Å². The minimum atomic E-state index is -1.15. The summed E-state index contributed by atoms with van der Waals surface area (Å²) in [5.41, 5.74) is 0.353. The van der Waals surface area contributed by atoms with Crippen LogP contribution in [-0.4, -0.2) is 35.2 Å². The van der Waals surface area contributed by atoms with Gasteiger partial charge in [0, 0.05) is 23.8 Å². The van der Waals surface area contributed by atoms with Crippen molar-refractivity contribution in [3.05, 3.63) is 29.8 Å². The summed E-state index contributed by atoms with van der Waals surface area (Å²) < 4.78 is 0. The zero-order valence-electron chi connectivity index (χ0n) is 15.4. The Bertz CT molecular complexity index is 790. The Labute approximate surface area is 153 Å². The smallest absolute Gasteiger partial charge is 0.250 e. The van der Waals surface area contributed by atoms with Crippen LogP contribution in [-0.2, 0) is 19.9 Å². The molecule has 1 spiro atoms. The van der Waals surface area contributed by atoms with E-state index in [0.717, 1.165) is 24.1 Å². The lowest BCUT2D eigenvalue weighted by Gasteiger charge is -2.30. The first-order valence-corrected chi connectivity index (χ1v) is 9.47. The molecular weight excluding hydrogens is 330 g/mol. The average molecular weight is 355 g/mol. The van der Waals surface area contributed by atoms with Crippen LogP contribution in [0.3, 0.4) is 0 Å². The van der Waals surface area contributed by atoms with E-state index in [2.05, 4.69) is 10.6 Å². The second-order valence-electron chi connectivity index (χ2n) is 7.91. The number of anilines is 1. The Balaban J connectivity index is 1.85. The Morgan fingerprint density at radius 3 is 2.58 bits per heavy atom. The van der Waals surface area contributed by atoms with Crippen molar-refractivity contribution < 1.29 is 14.4 Å². The van der Waals surface area contributed by atoms with Crippen molar-refractivity contribution in [2.75, 3.05) is 11.9 Å². The molecule has 6 heteroatoms. The van der Waals surface area contributed by atoms with Gasteiger partial charge in [0.05, 0.1) is 11.8 Å². The van der Waals surface area contributed by atoms with Crippen LogP contribution in [0.15, 0.2) is 24.3 Å². The van der Waals surface area contributed by atoms with Crippen LogP contribution in [0.5, 0.6) is 0 Å². The number of rotatable bonds is 4. The SMILES string of the molecule is CCCCN1C(=O)[C@H]2[C@@H](C1=O)[C@]1(N[C@H]2C(C)C)C(=O)Nc2ccccc21. The molecule has 0 bridgehead atoms. The Morgan fingerprint density at radius 2 is 1.88 bits per heavy atom. The van der Waals surface area contributed by atoms with Crippen LogP contribution in [0, 0.1) is 17.8 Å². The summed E-state index contributed by atoms with van der Waals surface area (Å²) >= 11 is 0. The maximum Gasteiger partial charge on any atom is 0.250 e. The third-order valence-electron chi connectivity index (χ3n) is 6.10. The van der Waals surface area contributed by atoms with Crippen molar-refractivity contribution in [1.29, 1.82) is 0 Å². The van der Waals surface area contributed by atoms with Crippen molar-refractivity contribution in [3.63, 3.8) is 0 Å². The molecule has 4 atom stereocenters. The maximum absolute atomic E-state index is 13.3. The molecule has 1 aromatic carbocycles. The van der Waals surface area contributed by atoms with E-state index in [1.807, 2.05) is 45.0 Å². The molecule has 138 valence electrons. The van der Waals surface area contributed by atoms with Crippen LogP contribution in [0.1, 0.15) is 39.2 Å². The average Bonchev–Trinajstić information content (AvgIpc) is 3.20. The summed E-state index contributed by atoms with van der Waals surface area (Å²) in [6, 6.07) is 7.25. The fraction of sp³-hybridized carbons (Fsp3) is 0.550. The molecular formula is C20H25N3O3. The van der Waals surface area contributed by atoms with Gasteiger partial charge in [0.2, 0.25) is 17.7 Å². The molecule has 2 N–H and O–H groups in total. The number of fused-ring (bicyclic) bond motifs is 4. The molecule has 3 aliphatic heterocycles. The fourth-order valence-electron chi connectivity index (χ4n) is 4.86. The van der Waals surface area contributed by atoms with Gasteiger partial charge in [-0.05, 0) is 18.4 Å². The summed E-state index contributed by atoms with van der Waals surface area (Å²) in [5.74, 6) is -1.61. The number of carbonyl (C=O) groups is 3. The predicted molar refractivity (Wildman–Crippen MR) is 97.1 cm³/mol. The van der Waals surface area contributed by atoms with E-state index >= 15 is 0 Å². The quantitative estimate of drug-likeness (QED) is 0.808. The van der Waals surface area contributed by atoms with Gasteiger partial charge in [-0.25, -0.2) is 0 Å². The summed E-state index contributed by atoms with van der Waals surface area (Å²) in [6.45, 7) is 6.52. The van der Waals surface area contributed by atoms with Gasteiger partial charge in [-0.15, -0.1) is 0 Å². The van der Waals surface area contributed by atoms with Crippen LogP contribution >= 0.6 is 0 Å². The normalized spacial score (nSPS) is 32.5. The van der Waals surface area contributed by atoms with Crippen LogP contribution in [0.4, 0.5) is 5.69 Å². The van der Waals surface area contributed by atoms with Crippen LogP contribution in [0.2, 0.25) is 0 Å². The second kappa shape index (κ2) is 5.91. The fourth-order valence-corrected chi connectivity index (χ4v) is 4.86. The van der Waals surface area contributed by atoms with Crippen molar-refractivity contribution in [1.82, 2.24) is 10.2 Å². The maximum atomic E-state index is 13.3. The predicted octanol–water partition coefficient (Wildman–Crippen LogP) is 1.86. The minimum Gasteiger partial charge on any atom is -0.324 e. The van der Waals surface area contributed by atoms with Crippen LogP contribution < -0.4 is 10.6 Å². The molecule has 6 nitrogen and oxygen atoms in total. The third-order valence-corrected chi connectivity index (χ3v) is 6.10. The largest absolute Gasteiger partial charge is 0.324 e. The first-order valence-electron chi connectivity index (χ1n) is 9.47. The number of likely N-dealkylation sites (tertiary alicyclic amines) is 1. The topological polar surface area (TPSA) is 78.5 Å². The van der Waals surface area contributed by atoms with E-state index in [4.69, 9.17) is 0 Å². The Morgan fingerprint density at radius 1 is 1.15 bits per heavy atom. The number of unbranched alkanes of at least 4 members (excludes halogenated alkanes) is 1. The molecule has 0 unspecified atom stereocenters. The van der Waals surface area contributed by atoms with Crippen LogP contribution in [0.25, 0.3) is 0 Å². The Hall–Kier alpha value is -2.21. The Kier molecular flexibility index (Phi) is 3.91. The van der Waals surface area contributed by atoms with E-state index in [1.165, 1.54) is 4.90 Å². The number of hydrogen-bond acceptors (Lipinski definition) is 4. The highest BCUT2D eigenvalue weighted by atomic mass is 16.2. The molecule has 1 aromatic rings. The molecule has 2 saturated heterocycles. The molecule has 4 rings (SSSR count). The summed E-state index contributed by atoms with van der Waals surface area (Å²) in [7, 11) is 0. The molecule has 2 fully saturated rings. The highest BCUT2D eigenvalue weighted by molar-refractivity contribution is 6.15. The summed E-state index contributed by atoms with van der Waals surface area (Å²) in [5, 5.41) is 6.34. The van der Waals surface area contributed by atoms with E-state index in [0.29, 0.717) is 6.54 Å². The van der Waals surface area contributed by atoms with Gasteiger partial charge in [0.25, 0.3) is 0 Å². The van der Waals surface area contributed by atoms with Gasteiger partial charge in [0.15, 0.2) is 0 Å². The summed E-state index contributed by atoms with van der Waals surface area (Å²) in [4.78, 5) is 40.9. The highest BCUT2D eigenvalue weighted by Crippen LogP contribution is 2.53. The van der Waals surface area contributed by atoms with E-state index < -0.39 is 17.4 Å². The molecule has 0 aliphatic carbocycles. The molecule has 3 aliphatic rings. The number of para-hydroxylation sites is 1. The summed E-state index contributed by atoms with van der Waals surface area (Å²) in [6.07, 6.45) is 1.69. The molecule has 0 aromatic heterocycles.